The minimum absolute atomic E-state index is 0.142. The van der Waals surface area contributed by atoms with Crippen molar-refractivity contribution in [3.63, 3.8) is 0 Å². The number of ether oxygens (including phenoxy) is 3. The van der Waals surface area contributed by atoms with Gasteiger partial charge in [0.1, 0.15) is 12.0 Å². The zero-order valence-corrected chi connectivity index (χ0v) is 11.9. The van der Waals surface area contributed by atoms with Gasteiger partial charge in [-0.3, -0.25) is 0 Å². The summed E-state index contributed by atoms with van der Waals surface area (Å²) in [5, 5.41) is 0. The van der Waals surface area contributed by atoms with Gasteiger partial charge in [0.05, 0.1) is 20.8 Å². The van der Waals surface area contributed by atoms with E-state index in [1.54, 1.807) is 18.4 Å². The number of nitrogens with two attached hydrogens (primary N) is 1. The molecule has 0 aliphatic carbocycles. The van der Waals surface area contributed by atoms with Crippen molar-refractivity contribution in [2.24, 2.45) is 5.73 Å². The third-order valence-corrected chi connectivity index (χ3v) is 3.43. The summed E-state index contributed by atoms with van der Waals surface area (Å²) >= 11 is -1.18. The van der Waals surface area contributed by atoms with Crippen LogP contribution in [0, 0.1) is 0 Å². The summed E-state index contributed by atoms with van der Waals surface area (Å²) in [6.45, 7) is 0.142. The molecule has 0 heterocycles. The molecular weight excluding hydrogens is 270 g/mol. The lowest BCUT2D eigenvalue weighted by Crippen LogP contribution is -2.15. The fraction of sp³-hybridized carbons (Fsp3) is 0.417. The van der Waals surface area contributed by atoms with E-state index < -0.39 is 17.3 Å². The quantitative estimate of drug-likeness (QED) is 0.790. The molecule has 2 N–H and O–H groups in total. The lowest BCUT2D eigenvalue weighted by molar-refractivity contribution is 0.158. The van der Waals surface area contributed by atoms with E-state index in [1.807, 2.05) is 0 Å². The highest BCUT2D eigenvalue weighted by molar-refractivity contribution is 7.90. The number of rotatable bonds is 6. The second-order valence-corrected chi connectivity index (χ2v) is 5.03. The Labute approximate surface area is 115 Å². The summed E-state index contributed by atoms with van der Waals surface area (Å²) in [5.74, 6) is 1.08. The zero-order chi connectivity index (χ0) is 14.4. The fourth-order valence-corrected chi connectivity index (χ4v) is 2.31. The fourth-order valence-electron chi connectivity index (χ4n) is 1.61. The highest BCUT2D eigenvalue weighted by atomic mass is 32.2. The van der Waals surface area contributed by atoms with Crippen molar-refractivity contribution in [3.05, 3.63) is 17.7 Å². The SMILES string of the molecule is COc1cc([S+](C)[O-])c(OC)cc1CCOC(N)=O. The lowest BCUT2D eigenvalue weighted by Gasteiger charge is -2.14. The predicted octanol–water partition coefficient (Wildman–Crippen LogP) is 1.08. The third-order valence-electron chi connectivity index (χ3n) is 2.49. The van der Waals surface area contributed by atoms with Crippen molar-refractivity contribution in [2.75, 3.05) is 27.1 Å². The van der Waals surface area contributed by atoms with Crippen LogP contribution >= 0.6 is 0 Å². The number of carbonyl (C=O) groups is 1. The van der Waals surface area contributed by atoms with Gasteiger partial charge in [0.2, 0.25) is 0 Å². The van der Waals surface area contributed by atoms with Crippen LogP contribution in [0.3, 0.4) is 0 Å². The number of primary amides is 1. The normalized spacial score (nSPS) is 11.8. The smallest absolute Gasteiger partial charge is 0.404 e. The van der Waals surface area contributed by atoms with Crippen molar-refractivity contribution >= 4 is 17.3 Å². The van der Waals surface area contributed by atoms with E-state index in [0.717, 1.165) is 5.56 Å². The molecule has 0 spiro atoms. The van der Waals surface area contributed by atoms with E-state index in [1.165, 1.54) is 14.2 Å². The number of carbonyl (C=O) groups excluding carboxylic acids is 1. The van der Waals surface area contributed by atoms with Crippen LogP contribution in [0.2, 0.25) is 0 Å². The molecule has 0 radical (unpaired) electrons. The molecule has 0 fully saturated rings. The second-order valence-electron chi connectivity index (χ2n) is 3.69. The minimum atomic E-state index is -1.18. The van der Waals surface area contributed by atoms with Gasteiger partial charge in [-0.2, -0.15) is 0 Å². The van der Waals surface area contributed by atoms with Crippen molar-refractivity contribution in [3.8, 4) is 11.5 Å². The summed E-state index contributed by atoms with van der Waals surface area (Å²) in [6, 6.07) is 3.38. The van der Waals surface area contributed by atoms with Crippen LogP contribution in [0.4, 0.5) is 4.79 Å². The maximum Gasteiger partial charge on any atom is 0.404 e. The molecule has 106 valence electrons. The van der Waals surface area contributed by atoms with Gasteiger partial charge < -0.3 is 24.5 Å². The van der Waals surface area contributed by atoms with Crippen LogP contribution < -0.4 is 15.2 Å². The number of benzene rings is 1. The summed E-state index contributed by atoms with van der Waals surface area (Å²) in [5.41, 5.74) is 5.68. The summed E-state index contributed by atoms with van der Waals surface area (Å²) in [6.07, 6.45) is 1.17. The monoisotopic (exact) mass is 287 g/mol. The maximum absolute atomic E-state index is 11.6. The summed E-state index contributed by atoms with van der Waals surface area (Å²) in [7, 11) is 3.02. The van der Waals surface area contributed by atoms with Gasteiger partial charge in [0.25, 0.3) is 0 Å². The molecule has 0 saturated heterocycles. The maximum atomic E-state index is 11.6. The molecule has 1 aromatic rings. The van der Waals surface area contributed by atoms with Crippen LogP contribution in [0.15, 0.2) is 17.0 Å². The average Bonchev–Trinajstić information content (AvgIpc) is 2.37. The van der Waals surface area contributed by atoms with Gasteiger partial charge in [-0.25, -0.2) is 4.79 Å². The summed E-state index contributed by atoms with van der Waals surface area (Å²) in [4.78, 5) is 11.1. The number of methoxy groups -OCH3 is 2. The van der Waals surface area contributed by atoms with Gasteiger partial charge in [0.15, 0.2) is 10.6 Å². The highest BCUT2D eigenvalue weighted by Gasteiger charge is 2.18. The van der Waals surface area contributed by atoms with E-state index >= 15 is 0 Å². The topological polar surface area (TPSA) is 93.8 Å². The predicted molar refractivity (Wildman–Crippen MR) is 71.1 cm³/mol. The lowest BCUT2D eigenvalue weighted by atomic mass is 10.1. The van der Waals surface area contributed by atoms with Gasteiger partial charge in [0, 0.05) is 18.1 Å². The van der Waals surface area contributed by atoms with E-state index in [9.17, 15) is 9.35 Å². The Morgan fingerprint density at radius 3 is 2.42 bits per heavy atom. The molecule has 1 atom stereocenters. The van der Waals surface area contributed by atoms with Crippen LogP contribution in [0.25, 0.3) is 0 Å². The molecule has 7 heteroatoms. The highest BCUT2D eigenvalue weighted by Crippen LogP contribution is 2.32. The van der Waals surface area contributed by atoms with Gasteiger partial charge in [-0.05, 0) is 17.2 Å². The minimum Gasteiger partial charge on any atom is -0.612 e. The Morgan fingerprint density at radius 1 is 1.32 bits per heavy atom. The Hall–Kier alpha value is -1.60. The van der Waals surface area contributed by atoms with Gasteiger partial charge >= 0.3 is 6.09 Å². The Balaban J connectivity index is 2.99. The Bertz CT molecular complexity index is 450. The standard InChI is InChI=1S/C12H17NO5S/c1-16-9-7-11(19(3)15)10(17-2)6-8(9)4-5-18-12(13)14/h6-7H,4-5H2,1-3H3,(H2,13,14). The average molecular weight is 287 g/mol. The largest absolute Gasteiger partial charge is 0.612 e. The Morgan fingerprint density at radius 2 is 1.95 bits per heavy atom. The van der Waals surface area contributed by atoms with Crippen LogP contribution in [-0.2, 0) is 22.3 Å². The first kappa shape index (κ1) is 15.5. The molecule has 0 aromatic heterocycles. The molecule has 6 nitrogen and oxygen atoms in total. The van der Waals surface area contributed by atoms with Crippen molar-refractivity contribution in [1.82, 2.24) is 0 Å². The number of hydrogen-bond donors (Lipinski definition) is 1. The van der Waals surface area contributed by atoms with Gasteiger partial charge in [-0.15, -0.1) is 0 Å². The first-order chi connectivity index (χ1) is 8.99. The number of amides is 1. The molecule has 1 aromatic carbocycles. The van der Waals surface area contributed by atoms with E-state index in [-0.39, 0.29) is 6.61 Å². The molecule has 1 rings (SSSR count). The van der Waals surface area contributed by atoms with Crippen molar-refractivity contribution in [2.45, 2.75) is 11.3 Å². The van der Waals surface area contributed by atoms with Crippen LogP contribution in [0.1, 0.15) is 5.56 Å². The van der Waals surface area contributed by atoms with E-state index in [0.29, 0.717) is 22.8 Å². The Kier molecular flexibility index (Phi) is 5.78. The van der Waals surface area contributed by atoms with E-state index in [4.69, 9.17) is 15.2 Å². The van der Waals surface area contributed by atoms with Crippen molar-refractivity contribution in [1.29, 1.82) is 0 Å². The molecule has 1 unspecified atom stereocenters. The molecular formula is C12H17NO5S. The van der Waals surface area contributed by atoms with Gasteiger partial charge in [-0.1, -0.05) is 0 Å². The summed E-state index contributed by atoms with van der Waals surface area (Å²) < 4.78 is 26.7. The van der Waals surface area contributed by atoms with Crippen LogP contribution in [0.5, 0.6) is 11.5 Å². The van der Waals surface area contributed by atoms with Crippen molar-refractivity contribution < 1.29 is 23.6 Å². The molecule has 0 saturated carbocycles. The first-order valence-corrected chi connectivity index (χ1v) is 7.06. The number of hydrogen-bond acceptors (Lipinski definition) is 5. The third kappa shape index (κ3) is 4.22. The first-order valence-electron chi connectivity index (χ1n) is 5.50. The molecule has 19 heavy (non-hydrogen) atoms. The van der Waals surface area contributed by atoms with Crippen LogP contribution in [-0.4, -0.2) is 37.7 Å². The molecule has 0 aliphatic heterocycles. The zero-order valence-electron chi connectivity index (χ0n) is 11.1. The second kappa shape index (κ2) is 7.10. The molecule has 1 amide bonds. The molecule has 0 aliphatic rings. The van der Waals surface area contributed by atoms with E-state index in [2.05, 4.69) is 4.74 Å². The molecule has 0 bridgehead atoms.